The Morgan fingerprint density at radius 2 is 1.76 bits per heavy atom. The molecule has 0 amide bonds. The van der Waals surface area contributed by atoms with E-state index in [0.717, 1.165) is 23.6 Å². The van der Waals surface area contributed by atoms with Crippen LogP contribution in [-0.2, 0) is 0 Å². The highest BCUT2D eigenvalue weighted by atomic mass is 35.5. The van der Waals surface area contributed by atoms with E-state index in [0.29, 0.717) is 16.5 Å². The minimum Gasteiger partial charge on any atom is -0.495 e. The predicted molar refractivity (Wildman–Crippen MR) is 86.2 cm³/mol. The summed E-state index contributed by atoms with van der Waals surface area (Å²) in [4.78, 5) is 4.19. The first-order valence-corrected chi connectivity index (χ1v) is 6.93. The maximum absolute atomic E-state index is 6.09. The summed E-state index contributed by atoms with van der Waals surface area (Å²) < 4.78 is 10.6. The third kappa shape index (κ3) is 3.70. The molecule has 112 valence electrons. The van der Waals surface area contributed by atoms with Gasteiger partial charge in [0.2, 0.25) is 0 Å². The van der Waals surface area contributed by atoms with E-state index in [1.54, 1.807) is 38.7 Å². The Morgan fingerprint density at radius 1 is 1.05 bits per heavy atom. The molecule has 5 nitrogen and oxygen atoms in total. The van der Waals surface area contributed by atoms with E-state index >= 15 is 0 Å². The number of anilines is 3. The molecule has 0 atom stereocenters. The molecular formula is C15H18ClN3O2. The lowest BCUT2D eigenvalue weighted by Crippen LogP contribution is -2.00. The highest BCUT2D eigenvalue weighted by molar-refractivity contribution is 6.32. The third-order valence-corrected chi connectivity index (χ3v) is 3.17. The third-order valence-electron chi connectivity index (χ3n) is 2.87. The summed E-state index contributed by atoms with van der Waals surface area (Å²) in [6.45, 7) is 2.87. The number of hydrogen-bond donors (Lipinski definition) is 2. The molecule has 0 fully saturated rings. The van der Waals surface area contributed by atoms with Crippen molar-refractivity contribution >= 4 is 28.7 Å². The second-order valence-electron chi connectivity index (χ2n) is 4.30. The van der Waals surface area contributed by atoms with Gasteiger partial charge in [0.1, 0.15) is 11.5 Å². The fourth-order valence-electron chi connectivity index (χ4n) is 1.92. The van der Waals surface area contributed by atoms with E-state index in [1.165, 1.54) is 0 Å². The Labute approximate surface area is 129 Å². The van der Waals surface area contributed by atoms with Crippen LogP contribution in [0.2, 0.25) is 5.02 Å². The number of pyridine rings is 1. The van der Waals surface area contributed by atoms with Crippen LogP contribution in [0.15, 0.2) is 30.6 Å². The molecule has 1 heterocycles. The van der Waals surface area contributed by atoms with Crippen molar-refractivity contribution in [3.63, 3.8) is 0 Å². The number of nitrogens with one attached hydrogen (secondary N) is 2. The van der Waals surface area contributed by atoms with E-state index in [2.05, 4.69) is 15.6 Å². The first-order chi connectivity index (χ1) is 10.2. The van der Waals surface area contributed by atoms with Crippen LogP contribution in [-0.4, -0.2) is 25.7 Å². The summed E-state index contributed by atoms with van der Waals surface area (Å²) in [5, 5.41) is 6.97. The smallest absolute Gasteiger partial charge is 0.144 e. The number of rotatable bonds is 6. The van der Waals surface area contributed by atoms with Crippen molar-refractivity contribution in [3.05, 3.63) is 35.6 Å². The average Bonchev–Trinajstić information content (AvgIpc) is 2.49. The van der Waals surface area contributed by atoms with Crippen LogP contribution in [0.3, 0.4) is 0 Å². The standard InChI is InChI=1S/C15H18ClN3O2/c1-4-18-10-5-11(9-17-8-10)19-13-7-14(20-2)12(16)6-15(13)21-3/h5-9,18-19H,4H2,1-3H3. The molecule has 2 aromatic rings. The van der Waals surface area contributed by atoms with Crippen molar-refractivity contribution in [2.75, 3.05) is 31.4 Å². The zero-order valence-electron chi connectivity index (χ0n) is 12.2. The molecule has 1 aromatic carbocycles. The Balaban J connectivity index is 2.31. The van der Waals surface area contributed by atoms with E-state index in [1.807, 2.05) is 13.0 Å². The van der Waals surface area contributed by atoms with E-state index in [4.69, 9.17) is 21.1 Å². The summed E-state index contributed by atoms with van der Waals surface area (Å²) >= 11 is 6.09. The quantitative estimate of drug-likeness (QED) is 0.847. The second-order valence-corrected chi connectivity index (χ2v) is 4.71. The lowest BCUT2D eigenvalue weighted by molar-refractivity contribution is 0.405. The van der Waals surface area contributed by atoms with Crippen LogP contribution < -0.4 is 20.1 Å². The maximum Gasteiger partial charge on any atom is 0.144 e. The largest absolute Gasteiger partial charge is 0.495 e. The van der Waals surface area contributed by atoms with E-state index < -0.39 is 0 Å². The molecule has 2 N–H and O–H groups in total. The van der Waals surface area contributed by atoms with Gasteiger partial charge in [0.25, 0.3) is 0 Å². The van der Waals surface area contributed by atoms with Crippen LogP contribution in [0, 0.1) is 0 Å². The summed E-state index contributed by atoms with van der Waals surface area (Å²) in [6, 6.07) is 5.47. The zero-order chi connectivity index (χ0) is 15.2. The summed E-state index contributed by atoms with van der Waals surface area (Å²) in [5.41, 5.74) is 2.55. The molecule has 1 aromatic heterocycles. The van der Waals surface area contributed by atoms with Gasteiger partial charge in [-0.2, -0.15) is 0 Å². The summed E-state index contributed by atoms with van der Waals surface area (Å²) in [5.74, 6) is 1.21. The normalized spacial score (nSPS) is 10.1. The van der Waals surface area contributed by atoms with Gasteiger partial charge in [-0.1, -0.05) is 11.6 Å². The van der Waals surface area contributed by atoms with Gasteiger partial charge in [-0.3, -0.25) is 4.98 Å². The van der Waals surface area contributed by atoms with Crippen LogP contribution >= 0.6 is 11.6 Å². The van der Waals surface area contributed by atoms with E-state index in [9.17, 15) is 0 Å². The zero-order valence-corrected chi connectivity index (χ0v) is 13.0. The van der Waals surface area contributed by atoms with Crippen LogP contribution in [0.1, 0.15) is 6.92 Å². The van der Waals surface area contributed by atoms with Gasteiger partial charge in [0.15, 0.2) is 0 Å². The molecule has 0 radical (unpaired) electrons. The molecule has 0 aliphatic heterocycles. The SMILES string of the molecule is CCNc1cncc(Nc2cc(OC)c(Cl)cc2OC)c1. The fourth-order valence-corrected chi connectivity index (χ4v) is 2.15. The molecule has 21 heavy (non-hydrogen) atoms. The van der Waals surface area contributed by atoms with Crippen LogP contribution in [0.4, 0.5) is 17.1 Å². The number of halogens is 1. The van der Waals surface area contributed by atoms with Crippen molar-refractivity contribution in [2.45, 2.75) is 6.92 Å². The Morgan fingerprint density at radius 3 is 2.43 bits per heavy atom. The van der Waals surface area contributed by atoms with Gasteiger partial charge in [0, 0.05) is 18.7 Å². The Kier molecular flexibility index (Phi) is 5.11. The van der Waals surface area contributed by atoms with Gasteiger partial charge in [-0.15, -0.1) is 0 Å². The van der Waals surface area contributed by atoms with Gasteiger partial charge >= 0.3 is 0 Å². The Hall–Kier alpha value is -2.14. The van der Waals surface area contributed by atoms with Crippen molar-refractivity contribution in [1.82, 2.24) is 4.98 Å². The highest BCUT2D eigenvalue weighted by Gasteiger charge is 2.10. The average molecular weight is 308 g/mol. The van der Waals surface area contributed by atoms with Crippen molar-refractivity contribution in [2.24, 2.45) is 0 Å². The van der Waals surface area contributed by atoms with Crippen LogP contribution in [0.25, 0.3) is 0 Å². The van der Waals surface area contributed by atoms with E-state index in [-0.39, 0.29) is 0 Å². The highest BCUT2D eigenvalue weighted by Crippen LogP contribution is 2.37. The Bertz CT molecular complexity index is 620. The molecule has 0 aliphatic carbocycles. The number of methoxy groups -OCH3 is 2. The molecule has 2 rings (SSSR count). The molecule has 0 bridgehead atoms. The molecule has 0 saturated carbocycles. The van der Waals surface area contributed by atoms with Gasteiger partial charge < -0.3 is 20.1 Å². The van der Waals surface area contributed by atoms with Crippen molar-refractivity contribution in [3.8, 4) is 11.5 Å². The van der Waals surface area contributed by atoms with Crippen molar-refractivity contribution in [1.29, 1.82) is 0 Å². The molecule has 6 heteroatoms. The first kappa shape index (κ1) is 15.3. The van der Waals surface area contributed by atoms with Gasteiger partial charge in [-0.25, -0.2) is 0 Å². The predicted octanol–water partition coefficient (Wildman–Crippen LogP) is 3.93. The lowest BCUT2D eigenvalue weighted by Gasteiger charge is -2.14. The fraction of sp³-hybridized carbons (Fsp3) is 0.267. The van der Waals surface area contributed by atoms with Crippen LogP contribution in [0.5, 0.6) is 11.5 Å². The minimum atomic E-state index is 0.499. The van der Waals surface area contributed by atoms with Gasteiger partial charge in [0.05, 0.1) is 48.7 Å². The maximum atomic E-state index is 6.09. The number of ether oxygens (including phenoxy) is 2. The minimum absolute atomic E-state index is 0.499. The molecule has 0 spiro atoms. The number of nitrogens with zero attached hydrogens (tertiary/aromatic N) is 1. The number of benzene rings is 1. The molecule has 0 unspecified atom stereocenters. The second kappa shape index (κ2) is 7.04. The molecular weight excluding hydrogens is 290 g/mol. The van der Waals surface area contributed by atoms with Gasteiger partial charge in [-0.05, 0) is 13.0 Å². The first-order valence-electron chi connectivity index (χ1n) is 6.55. The van der Waals surface area contributed by atoms with Crippen molar-refractivity contribution < 1.29 is 9.47 Å². The number of aromatic nitrogens is 1. The summed E-state index contributed by atoms with van der Waals surface area (Å²) in [7, 11) is 3.17. The topological polar surface area (TPSA) is 55.4 Å². The lowest BCUT2D eigenvalue weighted by atomic mass is 10.2. The molecule has 0 saturated heterocycles. The monoisotopic (exact) mass is 307 g/mol. The molecule has 0 aliphatic rings. The summed E-state index contributed by atoms with van der Waals surface area (Å²) in [6.07, 6.45) is 3.51. The number of hydrogen-bond acceptors (Lipinski definition) is 5.